The van der Waals surface area contributed by atoms with Crippen LogP contribution in [-0.4, -0.2) is 34.9 Å². The van der Waals surface area contributed by atoms with E-state index in [0.29, 0.717) is 22.1 Å². The van der Waals surface area contributed by atoms with E-state index in [9.17, 15) is 10.1 Å². The molecule has 0 spiro atoms. The molecular formula is C20H16BrN3O2S. The van der Waals surface area contributed by atoms with Crippen LogP contribution in [0.2, 0.25) is 0 Å². The SMILES string of the molecule is CN1C(=O)/C(=C/c2cc(Br)ccc2OCc2ccccc2C#N)N(C)C1=S. The van der Waals surface area contributed by atoms with Gasteiger partial charge in [-0.15, -0.1) is 0 Å². The lowest BCUT2D eigenvalue weighted by atomic mass is 10.1. The topological polar surface area (TPSA) is 56.6 Å². The molecule has 5 nitrogen and oxygen atoms in total. The van der Waals surface area contributed by atoms with E-state index < -0.39 is 0 Å². The second-order valence-corrected chi connectivity index (χ2v) is 7.26. The van der Waals surface area contributed by atoms with Crippen LogP contribution < -0.4 is 4.74 Å². The fraction of sp³-hybridized carbons (Fsp3) is 0.150. The number of benzene rings is 2. The van der Waals surface area contributed by atoms with Crippen LogP contribution in [0.25, 0.3) is 6.08 Å². The Bertz CT molecular complexity index is 997. The Labute approximate surface area is 171 Å². The molecule has 0 radical (unpaired) electrons. The average molecular weight is 442 g/mol. The number of carbonyl (C=O) groups excluding carboxylic acids is 1. The Morgan fingerprint density at radius 1 is 1.22 bits per heavy atom. The van der Waals surface area contributed by atoms with Crippen LogP contribution in [0.5, 0.6) is 5.75 Å². The molecule has 136 valence electrons. The molecule has 0 N–H and O–H groups in total. The molecule has 0 bridgehead atoms. The smallest absolute Gasteiger partial charge is 0.276 e. The number of rotatable bonds is 4. The van der Waals surface area contributed by atoms with Crippen LogP contribution in [0, 0.1) is 11.3 Å². The van der Waals surface area contributed by atoms with Crippen LogP contribution >= 0.6 is 28.1 Å². The molecule has 1 amide bonds. The Morgan fingerprint density at radius 2 is 1.96 bits per heavy atom. The molecule has 1 aliphatic rings. The zero-order chi connectivity index (χ0) is 19.6. The number of amides is 1. The highest BCUT2D eigenvalue weighted by molar-refractivity contribution is 9.10. The number of likely N-dealkylation sites (N-methyl/N-ethyl adjacent to an activating group) is 2. The predicted octanol–water partition coefficient (Wildman–Crippen LogP) is 3.93. The summed E-state index contributed by atoms with van der Waals surface area (Å²) in [6, 6.07) is 15.0. The molecule has 1 fully saturated rings. The third kappa shape index (κ3) is 3.87. The van der Waals surface area contributed by atoms with Crippen LogP contribution in [0.4, 0.5) is 0 Å². The molecule has 1 aliphatic heterocycles. The molecule has 3 rings (SSSR count). The maximum atomic E-state index is 12.4. The van der Waals surface area contributed by atoms with Crippen molar-refractivity contribution in [1.82, 2.24) is 9.80 Å². The molecular weight excluding hydrogens is 426 g/mol. The summed E-state index contributed by atoms with van der Waals surface area (Å²) in [7, 11) is 3.41. The monoisotopic (exact) mass is 441 g/mol. The van der Waals surface area contributed by atoms with Crippen molar-refractivity contribution in [1.29, 1.82) is 5.26 Å². The lowest BCUT2D eigenvalue weighted by Crippen LogP contribution is -2.26. The lowest BCUT2D eigenvalue weighted by Gasteiger charge is -2.13. The van der Waals surface area contributed by atoms with Gasteiger partial charge in [-0.25, -0.2) is 0 Å². The van der Waals surface area contributed by atoms with Crippen molar-refractivity contribution in [2.24, 2.45) is 0 Å². The van der Waals surface area contributed by atoms with Gasteiger partial charge in [0.05, 0.1) is 11.6 Å². The fourth-order valence-electron chi connectivity index (χ4n) is 2.71. The van der Waals surface area contributed by atoms with E-state index in [4.69, 9.17) is 17.0 Å². The highest BCUT2D eigenvalue weighted by Gasteiger charge is 2.32. The summed E-state index contributed by atoms with van der Waals surface area (Å²) in [6.45, 7) is 0.254. The molecule has 0 unspecified atom stereocenters. The minimum atomic E-state index is -0.164. The van der Waals surface area contributed by atoms with Crippen LogP contribution in [0.3, 0.4) is 0 Å². The van der Waals surface area contributed by atoms with Gasteiger partial charge in [0.25, 0.3) is 5.91 Å². The molecule has 0 atom stereocenters. The third-order valence-corrected chi connectivity index (χ3v) is 5.28. The summed E-state index contributed by atoms with van der Waals surface area (Å²) < 4.78 is 6.83. The molecule has 7 heteroatoms. The van der Waals surface area contributed by atoms with Crippen molar-refractivity contribution in [3.8, 4) is 11.8 Å². The molecule has 0 aromatic heterocycles. The minimum Gasteiger partial charge on any atom is -0.488 e. The highest BCUT2D eigenvalue weighted by atomic mass is 79.9. The third-order valence-electron chi connectivity index (χ3n) is 4.24. The van der Waals surface area contributed by atoms with Gasteiger partial charge in [0.15, 0.2) is 5.11 Å². The Balaban J connectivity index is 1.93. The van der Waals surface area contributed by atoms with Crippen LogP contribution in [0.1, 0.15) is 16.7 Å². The molecule has 1 heterocycles. The summed E-state index contributed by atoms with van der Waals surface area (Å²) in [4.78, 5) is 15.5. The van der Waals surface area contributed by atoms with Crippen molar-refractivity contribution < 1.29 is 9.53 Å². The average Bonchev–Trinajstić information content (AvgIpc) is 2.85. The molecule has 2 aromatic carbocycles. The fourth-order valence-corrected chi connectivity index (χ4v) is 3.27. The Kier molecular flexibility index (Phi) is 5.59. The summed E-state index contributed by atoms with van der Waals surface area (Å²) in [6.07, 6.45) is 1.76. The molecule has 2 aromatic rings. The van der Waals surface area contributed by atoms with Gasteiger partial charge in [0, 0.05) is 29.7 Å². The first-order chi connectivity index (χ1) is 12.9. The van der Waals surface area contributed by atoms with E-state index in [0.717, 1.165) is 15.6 Å². The molecule has 27 heavy (non-hydrogen) atoms. The quantitative estimate of drug-likeness (QED) is 0.531. The van der Waals surface area contributed by atoms with Crippen molar-refractivity contribution in [2.75, 3.05) is 14.1 Å². The van der Waals surface area contributed by atoms with Gasteiger partial charge < -0.3 is 9.64 Å². The number of nitrogens with zero attached hydrogens (tertiary/aromatic N) is 3. The maximum Gasteiger partial charge on any atom is 0.276 e. The highest BCUT2D eigenvalue weighted by Crippen LogP contribution is 2.29. The van der Waals surface area contributed by atoms with Gasteiger partial charge in [0.2, 0.25) is 0 Å². The van der Waals surface area contributed by atoms with Gasteiger partial charge in [-0.1, -0.05) is 34.1 Å². The first-order valence-electron chi connectivity index (χ1n) is 8.10. The van der Waals surface area contributed by atoms with Crippen molar-refractivity contribution in [2.45, 2.75) is 6.61 Å². The number of carbonyl (C=O) groups is 1. The summed E-state index contributed by atoms with van der Waals surface area (Å²) in [5, 5.41) is 9.67. The number of hydrogen-bond donors (Lipinski definition) is 0. The van der Waals surface area contributed by atoms with Gasteiger partial charge >= 0.3 is 0 Å². The van der Waals surface area contributed by atoms with Crippen LogP contribution in [0.15, 0.2) is 52.6 Å². The predicted molar refractivity (Wildman–Crippen MR) is 111 cm³/mol. The number of nitriles is 1. The zero-order valence-electron chi connectivity index (χ0n) is 14.8. The largest absolute Gasteiger partial charge is 0.488 e. The first kappa shape index (κ1) is 19.1. The number of halogens is 1. The van der Waals surface area contributed by atoms with Crippen molar-refractivity contribution in [3.05, 3.63) is 69.3 Å². The second kappa shape index (κ2) is 7.91. The van der Waals surface area contributed by atoms with E-state index in [1.165, 1.54) is 4.90 Å². The summed E-state index contributed by atoms with van der Waals surface area (Å²) in [5.74, 6) is 0.448. The maximum absolute atomic E-state index is 12.4. The number of thiocarbonyl (C=S) groups is 1. The van der Waals surface area contributed by atoms with E-state index in [1.807, 2.05) is 36.4 Å². The lowest BCUT2D eigenvalue weighted by molar-refractivity contribution is -0.121. The van der Waals surface area contributed by atoms with Gasteiger partial charge in [-0.3, -0.25) is 9.69 Å². The molecule has 0 saturated carbocycles. The van der Waals surface area contributed by atoms with E-state index in [1.54, 1.807) is 31.1 Å². The zero-order valence-corrected chi connectivity index (χ0v) is 17.2. The Hall–Kier alpha value is -2.69. The van der Waals surface area contributed by atoms with E-state index >= 15 is 0 Å². The molecule has 1 saturated heterocycles. The van der Waals surface area contributed by atoms with Crippen LogP contribution in [-0.2, 0) is 11.4 Å². The summed E-state index contributed by atoms with van der Waals surface area (Å²) >= 11 is 8.71. The van der Waals surface area contributed by atoms with Gasteiger partial charge in [-0.2, -0.15) is 5.26 Å². The van der Waals surface area contributed by atoms with Gasteiger partial charge in [-0.05, 0) is 42.6 Å². The van der Waals surface area contributed by atoms with E-state index in [-0.39, 0.29) is 12.5 Å². The number of hydrogen-bond acceptors (Lipinski definition) is 4. The number of ether oxygens (including phenoxy) is 1. The summed E-state index contributed by atoms with van der Waals surface area (Å²) in [5.41, 5.74) is 2.60. The normalized spacial score (nSPS) is 15.4. The Morgan fingerprint density at radius 3 is 2.63 bits per heavy atom. The molecule has 0 aliphatic carbocycles. The second-order valence-electron chi connectivity index (χ2n) is 5.98. The van der Waals surface area contributed by atoms with Gasteiger partial charge in [0.1, 0.15) is 18.1 Å². The van der Waals surface area contributed by atoms with Crippen molar-refractivity contribution >= 4 is 45.2 Å². The minimum absolute atomic E-state index is 0.164. The standard InChI is InChI=1S/C20H16BrN3O2S/c1-23-17(19(25)24(2)20(23)27)10-15-9-16(21)7-8-18(15)26-12-14-6-4-3-5-13(14)11-22/h3-10H,12H2,1-2H3/b17-10-. The van der Waals surface area contributed by atoms with E-state index in [2.05, 4.69) is 22.0 Å². The first-order valence-corrected chi connectivity index (χ1v) is 9.30. The van der Waals surface area contributed by atoms with Crippen molar-refractivity contribution in [3.63, 3.8) is 0 Å².